The summed E-state index contributed by atoms with van der Waals surface area (Å²) in [6.45, 7) is 5.92. The van der Waals surface area contributed by atoms with Gasteiger partial charge in [-0.15, -0.1) is 0 Å². The van der Waals surface area contributed by atoms with E-state index in [0.29, 0.717) is 12.0 Å². The van der Waals surface area contributed by atoms with Crippen LogP contribution in [-0.4, -0.2) is 57.4 Å². The first-order valence-electron chi connectivity index (χ1n) is 11.8. The molecule has 3 aromatic rings. The van der Waals surface area contributed by atoms with Gasteiger partial charge in [0.25, 0.3) is 0 Å². The van der Waals surface area contributed by atoms with E-state index in [9.17, 15) is 9.59 Å². The molecule has 2 N–H and O–H groups in total. The Balaban J connectivity index is 1.18. The number of fused-ring (bicyclic) bond motifs is 1. The minimum Gasteiger partial charge on any atom is -0.366 e. The first-order valence-corrected chi connectivity index (χ1v) is 11.8. The van der Waals surface area contributed by atoms with Gasteiger partial charge in [0.15, 0.2) is 0 Å². The van der Waals surface area contributed by atoms with Crippen LogP contribution in [-0.2, 0) is 17.8 Å². The number of carbonyl (C=O) groups excluding carboxylic acids is 2. The van der Waals surface area contributed by atoms with Crippen LogP contribution < -0.4 is 10.6 Å². The predicted molar refractivity (Wildman–Crippen MR) is 129 cm³/mol. The fourth-order valence-electron chi connectivity index (χ4n) is 4.28. The maximum atomic E-state index is 12.6. The molecule has 8 heteroatoms. The number of amides is 2. The van der Waals surface area contributed by atoms with Gasteiger partial charge < -0.3 is 20.1 Å². The number of carbonyl (C=O) groups is 2. The number of nitrogens with two attached hydrogens (primary N) is 1. The highest BCUT2D eigenvalue weighted by Crippen LogP contribution is 2.19. The van der Waals surface area contributed by atoms with Crippen molar-refractivity contribution in [3.05, 3.63) is 54.0 Å². The van der Waals surface area contributed by atoms with Crippen molar-refractivity contribution < 1.29 is 9.59 Å². The van der Waals surface area contributed by atoms with Crippen molar-refractivity contribution in [2.45, 2.75) is 45.6 Å². The summed E-state index contributed by atoms with van der Waals surface area (Å²) in [5, 5.41) is 1.10. The first-order chi connectivity index (χ1) is 16.0. The van der Waals surface area contributed by atoms with Gasteiger partial charge in [-0.05, 0) is 48.4 Å². The summed E-state index contributed by atoms with van der Waals surface area (Å²) in [7, 11) is 0. The van der Waals surface area contributed by atoms with Crippen molar-refractivity contribution in [1.82, 2.24) is 19.4 Å². The van der Waals surface area contributed by atoms with Crippen molar-refractivity contribution >= 4 is 28.7 Å². The second-order valence-electron chi connectivity index (χ2n) is 8.57. The molecule has 0 bridgehead atoms. The molecule has 2 amide bonds. The van der Waals surface area contributed by atoms with Crippen molar-refractivity contribution in [1.29, 1.82) is 0 Å². The molecule has 1 fully saturated rings. The summed E-state index contributed by atoms with van der Waals surface area (Å²) in [5.41, 5.74) is 8.09. The van der Waals surface area contributed by atoms with E-state index in [1.54, 1.807) is 6.07 Å². The topological polar surface area (TPSA) is 97.4 Å². The van der Waals surface area contributed by atoms with E-state index in [0.717, 1.165) is 80.8 Å². The van der Waals surface area contributed by atoms with Crippen LogP contribution in [0.3, 0.4) is 0 Å². The Morgan fingerprint density at radius 2 is 1.76 bits per heavy atom. The lowest BCUT2D eigenvalue weighted by Crippen LogP contribution is -2.49. The number of hydrogen-bond donors (Lipinski definition) is 1. The average molecular weight is 449 g/mol. The van der Waals surface area contributed by atoms with E-state index in [1.807, 2.05) is 41.7 Å². The van der Waals surface area contributed by atoms with Crippen molar-refractivity contribution in [3.63, 3.8) is 0 Å². The Morgan fingerprint density at radius 3 is 2.45 bits per heavy atom. The maximum Gasteiger partial charge on any atom is 0.248 e. The molecule has 3 heterocycles. The molecule has 0 unspecified atom stereocenters. The van der Waals surface area contributed by atoms with Gasteiger partial charge in [0, 0.05) is 68.8 Å². The SMILES string of the molecule is CCc1cnc(N2CCN(C(=O)CCCCCn3ccc4ccc(C(N)=O)cc43)CC2)nc1. The zero-order valence-corrected chi connectivity index (χ0v) is 19.2. The Hall–Kier alpha value is -3.42. The van der Waals surface area contributed by atoms with Gasteiger partial charge >= 0.3 is 0 Å². The van der Waals surface area contributed by atoms with Crippen LogP contribution in [0.4, 0.5) is 5.95 Å². The van der Waals surface area contributed by atoms with Crippen LogP contribution in [0.5, 0.6) is 0 Å². The molecule has 4 rings (SSSR count). The molecule has 1 aliphatic heterocycles. The van der Waals surface area contributed by atoms with Crippen LogP contribution in [0.25, 0.3) is 10.9 Å². The third-order valence-corrected chi connectivity index (χ3v) is 6.36. The molecule has 0 spiro atoms. The molecule has 174 valence electrons. The number of unbranched alkanes of at least 4 members (excludes halogenated alkanes) is 2. The average Bonchev–Trinajstić information content (AvgIpc) is 3.26. The molecular formula is C25H32N6O2. The number of piperazine rings is 1. The standard InChI is InChI=1S/C25H32N6O2/c1-2-19-17-27-25(28-18-19)31-14-12-30(13-15-31)23(32)6-4-3-5-10-29-11-9-20-7-8-21(24(26)33)16-22(20)29/h7-9,11,16-18H,2-6,10,12-15H2,1H3,(H2,26,33). The highest BCUT2D eigenvalue weighted by molar-refractivity contribution is 5.97. The van der Waals surface area contributed by atoms with E-state index in [4.69, 9.17) is 5.73 Å². The van der Waals surface area contributed by atoms with Crippen LogP contribution >= 0.6 is 0 Å². The molecule has 0 saturated carbocycles. The molecule has 0 atom stereocenters. The van der Waals surface area contributed by atoms with Gasteiger partial charge in [-0.25, -0.2) is 9.97 Å². The minimum atomic E-state index is -0.411. The second kappa shape index (κ2) is 10.5. The lowest BCUT2D eigenvalue weighted by molar-refractivity contribution is -0.131. The van der Waals surface area contributed by atoms with E-state index >= 15 is 0 Å². The minimum absolute atomic E-state index is 0.231. The summed E-state index contributed by atoms with van der Waals surface area (Å²) in [5.74, 6) is 0.570. The third-order valence-electron chi connectivity index (χ3n) is 6.36. The van der Waals surface area contributed by atoms with E-state index in [2.05, 4.69) is 26.4 Å². The predicted octanol–water partition coefficient (Wildman–Crippen LogP) is 3.00. The Labute approximate surface area is 194 Å². The number of hydrogen-bond acceptors (Lipinski definition) is 5. The summed E-state index contributed by atoms with van der Waals surface area (Å²) < 4.78 is 2.15. The molecule has 1 aliphatic rings. The smallest absolute Gasteiger partial charge is 0.248 e. The molecule has 0 radical (unpaired) electrons. The van der Waals surface area contributed by atoms with Gasteiger partial charge in [0.1, 0.15) is 0 Å². The number of aromatic nitrogens is 3. The monoisotopic (exact) mass is 448 g/mol. The molecule has 33 heavy (non-hydrogen) atoms. The van der Waals surface area contributed by atoms with Gasteiger partial charge in [0.2, 0.25) is 17.8 Å². The second-order valence-corrected chi connectivity index (χ2v) is 8.57. The molecule has 2 aromatic heterocycles. The zero-order valence-electron chi connectivity index (χ0n) is 19.2. The third kappa shape index (κ3) is 5.50. The van der Waals surface area contributed by atoms with E-state index in [1.165, 1.54) is 0 Å². The summed E-state index contributed by atoms with van der Waals surface area (Å²) >= 11 is 0. The lowest BCUT2D eigenvalue weighted by atomic mass is 10.1. The molecular weight excluding hydrogens is 416 g/mol. The van der Waals surface area contributed by atoms with Crippen LogP contribution in [0, 0.1) is 0 Å². The van der Waals surface area contributed by atoms with Gasteiger partial charge in [0.05, 0.1) is 0 Å². The fraction of sp³-hybridized carbons (Fsp3) is 0.440. The fourth-order valence-corrected chi connectivity index (χ4v) is 4.28. The lowest BCUT2D eigenvalue weighted by Gasteiger charge is -2.34. The van der Waals surface area contributed by atoms with Crippen molar-refractivity contribution in [2.75, 3.05) is 31.1 Å². The van der Waals surface area contributed by atoms with E-state index in [-0.39, 0.29) is 5.91 Å². The van der Waals surface area contributed by atoms with Crippen LogP contribution in [0.15, 0.2) is 42.9 Å². The summed E-state index contributed by atoms with van der Waals surface area (Å²) in [6.07, 6.45) is 10.2. The number of nitrogens with zero attached hydrogens (tertiary/aromatic N) is 5. The first kappa shape index (κ1) is 22.8. The van der Waals surface area contributed by atoms with Crippen LogP contribution in [0.2, 0.25) is 0 Å². The van der Waals surface area contributed by atoms with E-state index < -0.39 is 5.91 Å². The number of benzene rings is 1. The number of rotatable bonds is 9. The molecule has 1 saturated heterocycles. The number of anilines is 1. The Morgan fingerprint density at radius 1 is 1.00 bits per heavy atom. The normalized spacial score (nSPS) is 14.1. The highest BCUT2D eigenvalue weighted by atomic mass is 16.2. The highest BCUT2D eigenvalue weighted by Gasteiger charge is 2.22. The number of aryl methyl sites for hydroxylation is 2. The zero-order chi connectivity index (χ0) is 23.2. The van der Waals surface area contributed by atoms with Gasteiger partial charge in [-0.1, -0.05) is 19.4 Å². The van der Waals surface area contributed by atoms with Gasteiger partial charge in [-0.3, -0.25) is 9.59 Å². The number of primary amides is 1. The van der Waals surface area contributed by atoms with Crippen molar-refractivity contribution in [3.8, 4) is 0 Å². The van der Waals surface area contributed by atoms with Crippen LogP contribution in [0.1, 0.15) is 48.5 Å². The van der Waals surface area contributed by atoms with Gasteiger partial charge in [-0.2, -0.15) is 0 Å². The Kier molecular flexibility index (Phi) is 7.22. The Bertz CT molecular complexity index is 1100. The molecule has 8 nitrogen and oxygen atoms in total. The quantitative estimate of drug-likeness (QED) is 0.508. The molecule has 1 aromatic carbocycles. The van der Waals surface area contributed by atoms with Crippen molar-refractivity contribution in [2.24, 2.45) is 5.73 Å². The summed E-state index contributed by atoms with van der Waals surface area (Å²) in [6, 6.07) is 7.59. The largest absolute Gasteiger partial charge is 0.366 e. The maximum absolute atomic E-state index is 12.6. The molecule has 0 aliphatic carbocycles. The summed E-state index contributed by atoms with van der Waals surface area (Å²) in [4.78, 5) is 37.1.